The lowest BCUT2D eigenvalue weighted by Gasteiger charge is -2.07. The molecule has 17 heavy (non-hydrogen) atoms. The minimum atomic E-state index is 0.659. The van der Waals surface area contributed by atoms with E-state index in [1.54, 1.807) is 6.20 Å². The molecule has 0 spiro atoms. The molecule has 0 saturated carbocycles. The topological polar surface area (TPSA) is 50.2 Å². The van der Waals surface area contributed by atoms with Gasteiger partial charge in [0.15, 0.2) is 5.17 Å². The summed E-state index contributed by atoms with van der Waals surface area (Å²) in [5, 5.41) is 5.02. The summed E-state index contributed by atoms with van der Waals surface area (Å²) in [6.45, 7) is 5.81. The van der Waals surface area contributed by atoms with Gasteiger partial charge >= 0.3 is 0 Å². The normalized spacial score (nSPS) is 19.2. The molecule has 0 aliphatic carbocycles. The summed E-state index contributed by atoms with van der Waals surface area (Å²) in [6.07, 6.45) is 6.07. The monoisotopic (exact) mass is 250 g/mol. The van der Waals surface area contributed by atoms with Gasteiger partial charge in [0.25, 0.3) is 0 Å². The highest BCUT2D eigenvalue weighted by atomic mass is 32.2. The minimum absolute atomic E-state index is 0.659. The molecule has 4 nitrogen and oxygen atoms in total. The fraction of sp³-hybridized carbons (Fsp3) is 0.583. The Morgan fingerprint density at radius 2 is 2.29 bits per heavy atom. The van der Waals surface area contributed by atoms with E-state index in [1.165, 1.54) is 12.8 Å². The van der Waals surface area contributed by atoms with E-state index in [1.807, 2.05) is 24.9 Å². The number of nitrogens with zero attached hydrogens (tertiary/aromatic N) is 3. The van der Waals surface area contributed by atoms with E-state index >= 15 is 0 Å². The molecule has 1 unspecified atom stereocenters. The molecule has 1 aliphatic heterocycles. The van der Waals surface area contributed by atoms with Crippen molar-refractivity contribution in [2.24, 2.45) is 4.99 Å². The first-order valence-electron chi connectivity index (χ1n) is 6.00. The van der Waals surface area contributed by atoms with Crippen molar-refractivity contribution < 1.29 is 0 Å². The number of nitrogens with one attached hydrogen (secondary N) is 1. The number of rotatable bonds is 4. The summed E-state index contributed by atoms with van der Waals surface area (Å²) < 4.78 is 0. The molecule has 2 rings (SSSR count). The molecular weight excluding hydrogens is 232 g/mol. The van der Waals surface area contributed by atoms with E-state index < -0.39 is 0 Å². The van der Waals surface area contributed by atoms with Crippen LogP contribution in [-0.2, 0) is 6.54 Å². The lowest BCUT2D eigenvalue weighted by Crippen LogP contribution is -2.19. The number of aryl methyl sites for hydroxylation is 1. The molecule has 92 valence electrons. The number of aliphatic imine (C=N–C) groups is 1. The first-order chi connectivity index (χ1) is 8.28. The molecule has 0 amide bonds. The van der Waals surface area contributed by atoms with E-state index in [0.717, 1.165) is 23.1 Å². The van der Waals surface area contributed by atoms with Gasteiger partial charge in [-0.25, -0.2) is 0 Å². The van der Waals surface area contributed by atoms with Crippen LogP contribution in [0, 0.1) is 6.92 Å². The summed E-state index contributed by atoms with van der Waals surface area (Å²) in [5.74, 6) is 0. The zero-order valence-electron chi connectivity index (χ0n) is 10.3. The Kier molecular flexibility index (Phi) is 4.36. The molecule has 0 radical (unpaired) electrons. The smallest absolute Gasteiger partial charge is 0.157 e. The van der Waals surface area contributed by atoms with Crippen molar-refractivity contribution in [2.75, 3.05) is 6.54 Å². The Morgan fingerprint density at radius 1 is 1.41 bits per heavy atom. The van der Waals surface area contributed by atoms with Gasteiger partial charge in [-0.1, -0.05) is 25.1 Å². The largest absolute Gasteiger partial charge is 0.359 e. The second kappa shape index (κ2) is 6.00. The van der Waals surface area contributed by atoms with E-state index in [9.17, 15) is 0 Å². The molecule has 1 aromatic rings. The van der Waals surface area contributed by atoms with Gasteiger partial charge in [-0.15, -0.1) is 0 Å². The molecule has 1 atom stereocenters. The number of aromatic nitrogens is 2. The second-order valence-electron chi connectivity index (χ2n) is 4.18. The Morgan fingerprint density at radius 3 is 3.00 bits per heavy atom. The van der Waals surface area contributed by atoms with Crippen molar-refractivity contribution in [1.29, 1.82) is 0 Å². The van der Waals surface area contributed by atoms with E-state index in [-0.39, 0.29) is 0 Å². The summed E-state index contributed by atoms with van der Waals surface area (Å²) in [7, 11) is 0. The van der Waals surface area contributed by atoms with E-state index in [0.29, 0.717) is 11.8 Å². The zero-order valence-corrected chi connectivity index (χ0v) is 11.1. The van der Waals surface area contributed by atoms with Crippen molar-refractivity contribution in [2.45, 2.75) is 38.5 Å². The first kappa shape index (κ1) is 12.4. The highest BCUT2D eigenvalue weighted by Gasteiger charge is 2.18. The van der Waals surface area contributed by atoms with Crippen LogP contribution >= 0.6 is 11.8 Å². The van der Waals surface area contributed by atoms with Gasteiger partial charge in [0.05, 0.1) is 30.7 Å². The number of hydrogen-bond donors (Lipinski definition) is 1. The predicted molar refractivity (Wildman–Crippen MR) is 72.2 cm³/mol. The lowest BCUT2D eigenvalue weighted by atomic mass is 10.2. The molecule has 1 aliphatic rings. The third-order valence-electron chi connectivity index (χ3n) is 2.58. The summed E-state index contributed by atoms with van der Waals surface area (Å²) in [4.78, 5) is 13.0. The van der Waals surface area contributed by atoms with Crippen LogP contribution < -0.4 is 5.32 Å². The third kappa shape index (κ3) is 3.70. The molecule has 5 heteroatoms. The SMILES string of the molecule is CCCC1CN=C(NCc2cnc(C)cn2)S1. The van der Waals surface area contributed by atoms with Gasteiger partial charge < -0.3 is 5.32 Å². The molecule has 2 heterocycles. The fourth-order valence-corrected chi connectivity index (χ4v) is 2.79. The van der Waals surface area contributed by atoms with Gasteiger partial charge in [0.2, 0.25) is 0 Å². The van der Waals surface area contributed by atoms with Crippen LogP contribution in [0.2, 0.25) is 0 Å². The van der Waals surface area contributed by atoms with Crippen LogP contribution in [0.5, 0.6) is 0 Å². The van der Waals surface area contributed by atoms with Gasteiger partial charge in [0, 0.05) is 11.4 Å². The van der Waals surface area contributed by atoms with Gasteiger partial charge in [-0.3, -0.25) is 15.0 Å². The standard InChI is InChI=1S/C12H18N4S/c1-3-4-11-8-16-12(17-11)15-7-10-6-13-9(2)5-14-10/h5-6,11H,3-4,7-8H2,1-2H3,(H,15,16). The maximum atomic E-state index is 4.49. The minimum Gasteiger partial charge on any atom is -0.359 e. The quantitative estimate of drug-likeness (QED) is 0.889. The van der Waals surface area contributed by atoms with Crippen molar-refractivity contribution in [3.8, 4) is 0 Å². The van der Waals surface area contributed by atoms with Crippen molar-refractivity contribution in [3.05, 3.63) is 23.8 Å². The van der Waals surface area contributed by atoms with Crippen molar-refractivity contribution in [3.63, 3.8) is 0 Å². The van der Waals surface area contributed by atoms with Gasteiger partial charge in [-0.05, 0) is 13.3 Å². The van der Waals surface area contributed by atoms with Crippen LogP contribution in [0.4, 0.5) is 0 Å². The first-order valence-corrected chi connectivity index (χ1v) is 6.88. The van der Waals surface area contributed by atoms with E-state index in [2.05, 4.69) is 27.2 Å². The Labute approximate surface area is 106 Å². The van der Waals surface area contributed by atoms with Crippen LogP contribution in [0.1, 0.15) is 31.2 Å². The number of thioether (sulfide) groups is 1. The van der Waals surface area contributed by atoms with Gasteiger partial charge in [-0.2, -0.15) is 0 Å². The molecule has 0 saturated heterocycles. The summed E-state index contributed by atoms with van der Waals surface area (Å²) in [5.41, 5.74) is 1.90. The third-order valence-corrected chi connectivity index (χ3v) is 3.80. The van der Waals surface area contributed by atoms with Crippen LogP contribution in [0.15, 0.2) is 17.4 Å². The maximum absolute atomic E-state index is 4.49. The molecule has 0 aromatic carbocycles. The highest BCUT2D eigenvalue weighted by molar-refractivity contribution is 8.14. The van der Waals surface area contributed by atoms with Gasteiger partial charge in [0.1, 0.15) is 0 Å². The van der Waals surface area contributed by atoms with Crippen LogP contribution in [0.25, 0.3) is 0 Å². The molecule has 0 bridgehead atoms. The Balaban J connectivity index is 1.78. The van der Waals surface area contributed by atoms with Crippen molar-refractivity contribution >= 4 is 16.9 Å². The maximum Gasteiger partial charge on any atom is 0.157 e. The summed E-state index contributed by atoms with van der Waals surface area (Å²) in [6, 6.07) is 0. The molecule has 0 fully saturated rings. The lowest BCUT2D eigenvalue weighted by molar-refractivity contribution is 0.753. The number of amidine groups is 1. The second-order valence-corrected chi connectivity index (χ2v) is 5.47. The van der Waals surface area contributed by atoms with E-state index in [4.69, 9.17) is 0 Å². The average Bonchev–Trinajstić information content (AvgIpc) is 2.77. The zero-order chi connectivity index (χ0) is 12.1. The van der Waals surface area contributed by atoms with Crippen molar-refractivity contribution in [1.82, 2.24) is 15.3 Å². The summed E-state index contributed by atoms with van der Waals surface area (Å²) >= 11 is 1.85. The Hall–Kier alpha value is -1.10. The highest BCUT2D eigenvalue weighted by Crippen LogP contribution is 2.23. The Bertz CT molecular complexity index is 388. The number of hydrogen-bond acceptors (Lipinski definition) is 5. The molecule has 1 aromatic heterocycles. The fourth-order valence-electron chi connectivity index (χ4n) is 1.66. The van der Waals surface area contributed by atoms with Crippen LogP contribution in [0.3, 0.4) is 0 Å². The predicted octanol–water partition coefficient (Wildman–Crippen LogP) is 2.15. The molecular formula is C12H18N4S. The average molecular weight is 250 g/mol. The molecule has 1 N–H and O–H groups in total. The van der Waals surface area contributed by atoms with Crippen LogP contribution in [-0.4, -0.2) is 26.9 Å².